The highest BCUT2D eigenvalue weighted by Crippen LogP contribution is 2.40. The van der Waals surface area contributed by atoms with Crippen LogP contribution in [-0.2, 0) is 13.6 Å². The molecule has 2 rings (SSSR count). The van der Waals surface area contributed by atoms with E-state index in [1.54, 1.807) is 6.07 Å². The SMILES string of the molecule is Cc1ccc(F)cc1C1CCO[P+](=O)O1. The number of aryl methyl sites for hydroxylation is 1. The fourth-order valence-electron chi connectivity index (χ4n) is 1.59. The van der Waals surface area contributed by atoms with Crippen LogP contribution in [-0.4, -0.2) is 6.61 Å². The highest BCUT2D eigenvalue weighted by atomic mass is 31.1. The molecule has 2 atom stereocenters. The lowest BCUT2D eigenvalue weighted by molar-refractivity contribution is 0.0962. The van der Waals surface area contributed by atoms with Gasteiger partial charge in [-0.15, -0.1) is 9.05 Å². The summed E-state index contributed by atoms with van der Waals surface area (Å²) in [6, 6.07) is 4.52. The molecule has 1 aliphatic heterocycles. The number of hydrogen-bond acceptors (Lipinski definition) is 3. The molecule has 5 heteroatoms. The van der Waals surface area contributed by atoms with Gasteiger partial charge in [0, 0.05) is 11.0 Å². The predicted molar refractivity (Wildman–Crippen MR) is 53.1 cm³/mol. The van der Waals surface area contributed by atoms with Crippen molar-refractivity contribution in [2.75, 3.05) is 6.61 Å². The maximum atomic E-state index is 13.0. The molecule has 1 fully saturated rings. The van der Waals surface area contributed by atoms with Crippen molar-refractivity contribution in [2.24, 2.45) is 0 Å². The maximum Gasteiger partial charge on any atom is 0.698 e. The first-order valence-corrected chi connectivity index (χ1v) is 5.79. The van der Waals surface area contributed by atoms with Crippen LogP contribution >= 0.6 is 8.25 Å². The van der Waals surface area contributed by atoms with Gasteiger partial charge in [0.15, 0.2) is 0 Å². The zero-order chi connectivity index (χ0) is 10.8. The maximum absolute atomic E-state index is 13.0. The van der Waals surface area contributed by atoms with E-state index >= 15 is 0 Å². The van der Waals surface area contributed by atoms with Crippen LogP contribution < -0.4 is 0 Å². The second-order valence-electron chi connectivity index (χ2n) is 3.44. The molecule has 0 bridgehead atoms. The molecule has 80 valence electrons. The molecule has 1 aliphatic rings. The summed E-state index contributed by atoms with van der Waals surface area (Å²) in [6.07, 6.45) is 0.281. The lowest BCUT2D eigenvalue weighted by Crippen LogP contribution is -2.10. The van der Waals surface area contributed by atoms with Crippen LogP contribution in [0.3, 0.4) is 0 Å². The zero-order valence-corrected chi connectivity index (χ0v) is 9.17. The Labute approximate surface area is 88.2 Å². The van der Waals surface area contributed by atoms with Gasteiger partial charge in [0.05, 0.1) is 0 Å². The van der Waals surface area contributed by atoms with E-state index in [4.69, 9.17) is 9.05 Å². The molecule has 15 heavy (non-hydrogen) atoms. The van der Waals surface area contributed by atoms with Gasteiger partial charge in [-0.2, -0.15) is 0 Å². The fourth-order valence-corrected chi connectivity index (χ4v) is 2.33. The quantitative estimate of drug-likeness (QED) is 0.693. The largest absolute Gasteiger partial charge is 0.698 e. The summed E-state index contributed by atoms with van der Waals surface area (Å²) < 4.78 is 34.0. The van der Waals surface area contributed by atoms with Crippen molar-refractivity contribution in [1.82, 2.24) is 0 Å². The predicted octanol–water partition coefficient (Wildman–Crippen LogP) is 3.27. The highest BCUT2D eigenvalue weighted by Gasteiger charge is 2.34. The lowest BCUT2D eigenvalue weighted by Gasteiger charge is -2.15. The first-order chi connectivity index (χ1) is 7.16. The molecule has 0 aliphatic carbocycles. The average molecular weight is 229 g/mol. The Balaban J connectivity index is 2.27. The van der Waals surface area contributed by atoms with Crippen molar-refractivity contribution < 1.29 is 18.0 Å². The van der Waals surface area contributed by atoms with Crippen LogP contribution in [0.4, 0.5) is 4.39 Å². The Bertz CT molecular complexity index is 394. The third kappa shape index (κ3) is 2.40. The average Bonchev–Trinajstić information content (AvgIpc) is 2.22. The zero-order valence-electron chi connectivity index (χ0n) is 8.27. The van der Waals surface area contributed by atoms with E-state index in [0.717, 1.165) is 11.1 Å². The number of halogens is 1. The normalized spacial score (nSPS) is 24.1. The summed E-state index contributed by atoms with van der Waals surface area (Å²) in [6.45, 7) is 2.26. The van der Waals surface area contributed by atoms with Gasteiger partial charge in [-0.1, -0.05) is 6.07 Å². The summed E-state index contributed by atoms with van der Waals surface area (Å²) in [5.74, 6) is -0.305. The summed E-state index contributed by atoms with van der Waals surface area (Å²) in [4.78, 5) is 0. The topological polar surface area (TPSA) is 35.5 Å². The van der Waals surface area contributed by atoms with Crippen LogP contribution in [0, 0.1) is 12.7 Å². The van der Waals surface area contributed by atoms with Gasteiger partial charge in [-0.05, 0) is 30.2 Å². The number of rotatable bonds is 1. The Kier molecular flexibility index (Phi) is 3.10. The van der Waals surface area contributed by atoms with Crippen LogP contribution in [0.5, 0.6) is 0 Å². The van der Waals surface area contributed by atoms with Crippen molar-refractivity contribution >= 4 is 8.25 Å². The summed E-state index contributed by atoms with van der Waals surface area (Å²) in [5.41, 5.74) is 1.69. The molecule has 0 radical (unpaired) electrons. The first kappa shape index (κ1) is 10.7. The van der Waals surface area contributed by atoms with Crippen LogP contribution in [0.25, 0.3) is 0 Å². The van der Waals surface area contributed by atoms with E-state index in [0.29, 0.717) is 13.0 Å². The summed E-state index contributed by atoms with van der Waals surface area (Å²) >= 11 is 0. The van der Waals surface area contributed by atoms with E-state index in [1.165, 1.54) is 12.1 Å². The smallest absolute Gasteiger partial charge is 0.207 e. The minimum absolute atomic E-state index is 0.305. The minimum Gasteiger partial charge on any atom is -0.207 e. The lowest BCUT2D eigenvalue weighted by atomic mass is 10.0. The van der Waals surface area contributed by atoms with Crippen molar-refractivity contribution in [1.29, 1.82) is 0 Å². The first-order valence-electron chi connectivity index (χ1n) is 4.70. The van der Waals surface area contributed by atoms with Gasteiger partial charge in [0.2, 0.25) is 0 Å². The number of hydrogen-bond donors (Lipinski definition) is 0. The summed E-state index contributed by atoms with van der Waals surface area (Å²) in [5, 5.41) is 0. The number of benzene rings is 1. The Morgan fingerprint density at radius 1 is 1.53 bits per heavy atom. The van der Waals surface area contributed by atoms with E-state index in [2.05, 4.69) is 0 Å². The van der Waals surface area contributed by atoms with Gasteiger partial charge in [0.1, 0.15) is 18.5 Å². The summed E-state index contributed by atoms with van der Waals surface area (Å²) in [7, 11) is -2.05. The standard InChI is InChI=1S/C10H11FO3P/c1-7-2-3-8(11)6-9(7)10-4-5-13-15(12)14-10/h2-3,6,10H,4-5H2,1H3/q+1. The van der Waals surface area contributed by atoms with E-state index in [1.807, 2.05) is 6.92 Å². The van der Waals surface area contributed by atoms with Crippen molar-refractivity contribution in [3.63, 3.8) is 0 Å². The second kappa shape index (κ2) is 4.35. The third-order valence-electron chi connectivity index (χ3n) is 2.38. The van der Waals surface area contributed by atoms with Gasteiger partial charge in [-0.25, -0.2) is 4.39 Å². The Morgan fingerprint density at radius 2 is 2.33 bits per heavy atom. The molecular weight excluding hydrogens is 218 g/mol. The fraction of sp³-hybridized carbons (Fsp3) is 0.400. The van der Waals surface area contributed by atoms with Crippen LogP contribution in [0.15, 0.2) is 18.2 Å². The molecule has 1 aromatic carbocycles. The molecule has 0 N–H and O–H groups in total. The third-order valence-corrected chi connectivity index (χ3v) is 3.20. The monoisotopic (exact) mass is 229 g/mol. The molecule has 2 unspecified atom stereocenters. The van der Waals surface area contributed by atoms with Crippen molar-refractivity contribution in [2.45, 2.75) is 19.4 Å². The molecule has 1 aromatic rings. The Morgan fingerprint density at radius 3 is 3.07 bits per heavy atom. The highest BCUT2D eigenvalue weighted by molar-refractivity contribution is 7.33. The van der Waals surface area contributed by atoms with Crippen LogP contribution in [0.1, 0.15) is 23.7 Å². The second-order valence-corrected chi connectivity index (χ2v) is 4.36. The molecule has 0 spiro atoms. The molecular formula is C10H11FO3P+. The van der Waals surface area contributed by atoms with Crippen molar-refractivity contribution in [3.05, 3.63) is 35.1 Å². The van der Waals surface area contributed by atoms with Gasteiger partial charge in [-0.3, -0.25) is 0 Å². The molecule has 1 saturated heterocycles. The molecule has 0 saturated carbocycles. The molecule has 1 heterocycles. The Hall–Kier alpha value is -0.830. The van der Waals surface area contributed by atoms with Gasteiger partial charge < -0.3 is 0 Å². The van der Waals surface area contributed by atoms with E-state index in [9.17, 15) is 8.96 Å². The van der Waals surface area contributed by atoms with Crippen LogP contribution in [0.2, 0.25) is 0 Å². The van der Waals surface area contributed by atoms with E-state index < -0.39 is 8.25 Å². The molecule has 0 aromatic heterocycles. The molecule has 3 nitrogen and oxygen atoms in total. The minimum atomic E-state index is -2.05. The molecule has 0 amide bonds. The van der Waals surface area contributed by atoms with Crippen molar-refractivity contribution in [3.8, 4) is 0 Å². The van der Waals surface area contributed by atoms with Gasteiger partial charge >= 0.3 is 8.25 Å². The van der Waals surface area contributed by atoms with E-state index in [-0.39, 0.29) is 11.9 Å². The van der Waals surface area contributed by atoms with Gasteiger partial charge in [0.25, 0.3) is 0 Å².